The van der Waals surface area contributed by atoms with Gasteiger partial charge in [-0.1, -0.05) is 0 Å². The van der Waals surface area contributed by atoms with E-state index in [4.69, 9.17) is 11.5 Å². The van der Waals surface area contributed by atoms with Gasteiger partial charge in [0.15, 0.2) is 5.11 Å². The molecule has 74 valence electrons. The number of nitrogens with two attached hydrogens (primary N) is 2. The van der Waals surface area contributed by atoms with Gasteiger partial charge in [-0.15, -0.1) is 0 Å². The van der Waals surface area contributed by atoms with E-state index in [2.05, 4.69) is 33.5 Å². The molecule has 0 atom stereocenters. The molecule has 0 fully saturated rings. The molecule has 1 rings (SSSR count). The number of nitrogens with one attached hydrogen (secondary N) is 1. The van der Waals surface area contributed by atoms with Crippen LogP contribution in [0.1, 0.15) is 10.4 Å². The van der Waals surface area contributed by atoms with Gasteiger partial charge in [-0.05, 0) is 46.3 Å². The minimum absolute atomic E-state index is 0.141. The van der Waals surface area contributed by atoms with Crippen molar-refractivity contribution in [1.82, 2.24) is 0 Å². The molecule has 0 aliphatic heterocycles. The molecule has 0 heterocycles. The van der Waals surface area contributed by atoms with Gasteiger partial charge >= 0.3 is 0 Å². The van der Waals surface area contributed by atoms with E-state index in [9.17, 15) is 4.79 Å². The number of thiocarbonyl (C=S) groups is 1. The molecule has 0 spiro atoms. The molecule has 1 amide bonds. The maximum absolute atomic E-state index is 11.0. The van der Waals surface area contributed by atoms with Crippen molar-refractivity contribution in [3.63, 3.8) is 0 Å². The molecular weight excluding hydrogens is 266 g/mol. The van der Waals surface area contributed by atoms with Gasteiger partial charge in [-0.25, -0.2) is 0 Å². The largest absolute Gasteiger partial charge is 0.376 e. The van der Waals surface area contributed by atoms with Crippen LogP contribution in [0.5, 0.6) is 0 Å². The third-order valence-corrected chi connectivity index (χ3v) is 2.29. The van der Waals surface area contributed by atoms with Crippen LogP contribution in [0.25, 0.3) is 0 Å². The van der Waals surface area contributed by atoms with Crippen LogP contribution < -0.4 is 16.8 Å². The minimum atomic E-state index is -0.511. The smallest absolute Gasteiger partial charge is 0.249 e. The number of halogens is 1. The average Bonchev–Trinajstić information content (AvgIpc) is 2.07. The van der Waals surface area contributed by atoms with Crippen LogP contribution in [0.2, 0.25) is 0 Å². The summed E-state index contributed by atoms with van der Waals surface area (Å²) in [5.74, 6) is -0.511. The fourth-order valence-electron chi connectivity index (χ4n) is 0.934. The van der Waals surface area contributed by atoms with Crippen LogP contribution >= 0.6 is 28.1 Å². The summed E-state index contributed by atoms with van der Waals surface area (Å²) in [5.41, 5.74) is 11.4. The highest BCUT2D eigenvalue weighted by Crippen LogP contribution is 2.20. The lowest BCUT2D eigenvalue weighted by Gasteiger charge is -2.06. The zero-order valence-corrected chi connectivity index (χ0v) is 9.48. The number of hydrogen-bond acceptors (Lipinski definition) is 2. The number of rotatable bonds is 2. The van der Waals surface area contributed by atoms with Crippen LogP contribution in [-0.4, -0.2) is 11.0 Å². The van der Waals surface area contributed by atoms with Crippen molar-refractivity contribution in [2.75, 3.05) is 5.32 Å². The van der Waals surface area contributed by atoms with Gasteiger partial charge in [-0.2, -0.15) is 0 Å². The first-order chi connectivity index (χ1) is 6.50. The maximum atomic E-state index is 11.0. The Balaban J connectivity index is 3.06. The summed E-state index contributed by atoms with van der Waals surface area (Å²) in [6.07, 6.45) is 0. The van der Waals surface area contributed by atoms with E-state index in [1.807, 2.05) is 0 Å². The molecule has 0 bridgehead atoms. The van der Waals surface area contributed by atoms with Crippen molar-refractivity contribution in [3.8, 4) is 0 Å². The number of anilines is 1. The first-order valence-electron chi connectivity index (χ1n) is 3.66. The van der Waals surface area contributed by atoms with E-state index < -0.39 is 5.91 Å². The second kappa shape index (κ2) is 4.39. The van der Waals surface area contributed by atoms with Gasteiger partial charge in [0.25, 0.3) is 0 Å². The monoisotopic (exact) mass is 273 g/mol. The number of benzene rings is 1. The Morgan fingerprint density at radius 3 is 2.57 bits per heavy atom. The second-order valence-electron chi connectivity index (χ2n) is 2.55. The summed E-state index contributed by atoms with van der Waals surface area (Å²) in [5, 5.41) is 2.85. The van der Waals surface area contributed by atoms with Gasteiger partial charge in [0.1, 0.15) is 0 Å². The average molecular weight is 274 g/mol. The standard InChI is InChI=1S/C8H8BrN3OS/c9-6-2-1-4(12-8(11)14)3-5(6)7(10)13/h1-3H,(H2,10,13)(H3,11,12,14). The maximum Gasteiger partial charge on any atom is 0.249 e. The second-order valence-corrected chi connectivity index (χ2v) is 3.84. The number of primary amides is 1. The Morgan fingerprint density at radius 2 is 2.07 bits per heavy atom. The summed E-state index contributed by atoms with van der Waals surface area (Å²) in [4.78, 5) is 11.0. The van der Waals surface area contributed by atoms with Crippen LogP contribution in [0, 0.1) is 0 Å². The molecule has 1 aromatic carbocycles. The number of carbonyl (C=O) groups is 1. The highest BCUT2D eigenvalue weighted by Gasteiger charge is 2.06. The minimum Gasteiger partial charge on any atom is -0.376 e. The van der Waals surface area contributed by atoms with E-state index in [-0.39, 0.29) is 5.11 Å². The van der Waals surface area contributed by atoms with Crippen molar-refractivity contribution in [2.24, 2.45) is 11.5 Å². The predicted octanol–water partition coefficient (Wildman–Crippen LogP) is 1.20. The first-order valence-corrected chi connectivity index (χ1v) is 4.86. The van der Waals surface area contributed by atoms with E-state index in [1.165, 1.54) is 0 Å². The van der Waals surface area contributed by atoms with E-state index in [1.54, 1.807) is 18.2 Å². The van der Waals surface area contributed by atoms with Gasteiger partial charge < -0.3 is 16.8 Å². The summed E-state index contributed by atoms with van der Waals surface area (Å²) in [7, 11) is 0. The van der Waals surface area contributed by atoms with Crippen LogP contribution in [0.15, 0.2) is 22.7 Å². The van der Waals surface area contributed by atoms with E-state index in [0.29, 0.717) is 15.7 Å². The molecule has 1 aromatic rings. The van der Waals surface area contributed by atoms with Gasteiger partial charge in [0.05, 0.1) is 5.56 Å². The molecule has 0 saturated heterocycles. The molecule has 0 saturated carbocycles. The molecule has 6 heteroatoms. The molecule has 0 unspecified atom stereocenters. The molecule has 0 aliphatic rings. The van der Waals surface area contributed by atoms with Crippen molar-refractivity contribution in [2.45, 2.75) is 0 Å². The van der Waals surface area contributed by atoms with Gasteiger partial charge in [0, 0.05) is 10.2 Å². The summed E-state index contributed by atoms with van der Waals surface area (Å²) < 4.78 is 0.637. The first kappa shape index (κ1) is 10.9. The van der Waals surface area contributed by atoms with Crippen molar-refractivity contribution < 1.29 is 4.79 Å². The molecule has 14 heavy (non-hydrogen) atoms. The van der Waals surface area contributed by atoms with Crippen molar-refractivity contribution in [1.29, 1.82) is 0 Å². The third-order valence-electron chi connectivity index (χ3n) is 1.50. The summed E-state index contributed by atoms with van der Waals surface area (Å²) in [6, 6.07) is 5.00. The van der Waals surface area contributed by atoms with E-state index >= 15 is 0 Å². The van der Waals surface area contributed by atoms with Crippen LogP contribution in [0.3, 0.4) is 0 Å². The SMILES string of the molecule is NC(=O)c1cc(NC(N)=S)ccc1Br. The molecular formula is C8H8BrN3OS. The van der Waals surface area contributed by atoms with Crippen molar-refractivity contribution >= 4 is 44.9 Å². The number of carbonyl (C=O) groups excluding carboxylic acids is 1. The summed E-state index contributed by atoms with van der Waals surface area (Å²) >= 11 is 7.86. The Bertz CT molecular complexity index is 394. The van der Waals surface area contributed by atoms with Gasteiger partial charge in [0.2, 0.25) is 5.91 Å². The molecule has 0 radical (unpaired) electrons. The van der Waals surface area contributed by atoms with Crippen LogP contribution in [-0.2, 0) is 0 Å². The Labute approximate surface area is 94.8 Å². The van der Waals surface area contributed by atoms with Crippen LogP contribution in [0.4, 0.5) is 5.69 Å². The lowest BCUT2D eigenvalue weighted by molar-refractivity contribution is 0.0999. The lowest BCUT2D eigenvalue weighted by Crippen LogP contribution is -2.19. The highest BCUT2D eigenvalue weighted by molar-refractivity contribution is 9.10. The normalized spacial score (nSPS) is 9.50. The predicted molar refractivity (Wildman–Crippen MR) is 63.1 cm³/mol. The highest BCUT2D eigenvalue weighted by atomic mass is 79.9. The lowest BCUT2D eigenvalue weighted by atomic mass is 10.2. The number of hydrogen-bond donors (Lipinski definition) is 3. The summed E-state index contributed by atoms with van der Waals surface area (Å²) in [6.45, 7) is 0. The Kier molecular flexibility index (Phi) is 3.43. The third kappa shape index (κ3) is 2.68. The fourth-order valence-corrected chi connectivity index (χ4v) is 1.49. The zero-order chi connectivity index (χ0) is 10.7. The van der Waals surface area contributed by atoms with Crippen molar-refractivity contribution in [3.05, 3.63) is 28.2 Å². The topological polar surface area (TPSA) is 81.1 Å². The zero-order valence-electron chi connectivity index (χ0n) is 7.08. The Hall–Kier alpha value is -1.14. The molecule has 0 aliphatic carbocycles. The Morgan fingerprint density at radius 1 is 1.43 bits per heavy atom. The number of amides is 1. The van der Waals surface area contributed by atoms with Gasteiger partial charge in [-0.3, -0.25) is 4.79 Å². The molecule has 5 N–H and O–H groups in total. The quantitative estimate of drug-likeness (QED) is 0.708. The van der Waals surface area contributed by atoms with E-state index in [0.717, 1.165) is 0 Å². The molecule has 4 nitrogen and oxygen atoms in total. The fraction of sp³-hybridized carbons (Fsp3) is 0. The molecule has 0 aromatic heterocycles.